The molecule has 0 amide bonds. The molecule has 0 aliphatic rings. The molecule has 0 heterocycles. The number of hydrogen-bond donors (Lipinski definition) is 1. The summed E-state index contributed by atoms with van der Waals surface area (Å²) in [5.41, 5.74) is 1.08. The molecule has 1 rings (SSSR count). The molecule has 2 nitrogen and oxygen atoms in total. The number of carboxylic acids is 1. The van der Waals surface area contributed by atoms with E-state index in [-0.39, 0.29) is 0 Å². The zero-order chi connectivity index (χ0) is 10.6. The van der Waals surface area contributed by atoms with Crippen molar-refractivity contribution in [3.05, 3.63) is 40.4 Å². The molecular formula is C10H8BrClO2. The molecule has 0 bridgehead atoms. The van der Waals surface area contributed by atoms with Gasteiger partial charge in [-0.3, -0.25) is 0 Å². The first-order valence-electron chi connectivity index (χ1n) is 3.89. The van der Waals surface area contributed by atoms with Crippen molar-refractivity contribution in [3.8, 4) is 0 Å². The number of halogens is 2. The van der Waals surface area contributed by atoms with Crippen molar-refractivity contribution in [1.29, 1.82) is 0 Å². The van der Waals surface area contributed by atoms with E-state index in [9.17, 15) is 4.79 Å². The van der Waals surface area contributed by atoms with Gasteiger partial charge < -0.3 is 5.11 Å². The Kier molecular flexibility index (Phi) is 4.17. The van der Waals surface area contributed by atoms with Crippen molar-refractivity contribution < 1.29 is 9.90 Å². The highest BCUT2D eigenvalue weighted by Gasteiger charge is 2.04. The summed E-state index contributed by atoms with van der Waals surface area (Å²) in [7, 11) is 0. The van der Waals surface area contributed by atoms with Crippen LogP contribution in [0.1, 0.15) is 5.56 Å². The molecule has 0 radical (unpaired) electrons. The Bertz CT molecular complexity index is 374. The molecule has 74 valence electrons. The summed E-state index contributed by atoms with van der Waals surface area (Å²) >= 11 is 8.87. The van der Waals surface area contributed by atoms with E-state index >= 15 is 0 Å². The molecule has 0 aliphatic carbocycles. The minimum Gasteiger partial charge on any atom is -0.478 e. The molecule has 1 aromatic carbocycles. The lowest BCUT2D eigenvalue weighted by atomic mass is 10.1. The van der Waals surface area contributed by atoms with Gasteiger partial charge in [0.05, 0.1) is 0 Å². The molecule has 1 N–H and O–H groups in total. The zero-order valence-electron chi connectivity index (χ0n) is 7.21. The van der Waals surface area contributed by atoms with E-state index in [2.05, 4.69) is 15.9 Å². The maximum absolute atomic E-state index is 10.7. The van der Waals surface area contributed by atoms with Crippen molar-refractivity contribution in [3.63, 3.8) is 0 Å². The number of carboxylic acid groups (broad SMARTS) is 1. The molecular weight excluding hydrogens is 267 g/mol. The van der Waals surface area contributed by atoms with Gasteiger partial charge in [0.2, 0.25) is 0 Å². The molecule has 4 heteroatoms. The maximum atomic E-state index is 10.7. The second-order valence-electron chi connectivity index (χ2n) is 2.66. The third kappa shape index (κ3) is 3.16. The SMILES string of the molecule is O=C(O)/C(=C/c1cccc(Cl)c1)CBr. The van der Waals surface area contributed by atoms with Crippen LogP contribution in [0.15, 0.2) is 29.8 Å². The van der Waals surface area contributed by atoms with Crippen LogP contribution in [-0.4, -0.2) is 16.4 Å². The third-order valence-electron chi connectivity index (χ3n) is 1.61. The van der Waals surface area contributed by atoms with E-state index in [1.165, 1.54) is 0 Å². The summed E-state index contributed by atoms with van der Waals surface area (Å²) in [6.07, 6.45) is 1.59. The molecule has 0 fully saturated rings. The van der Waals surface area contributed by atoms with E-state index in [1.54, 1.807) is 30.3 Å². The summed E-state index contributed by atoms with van der Waals surface area (Å²) in [6, 6.07) is 7.04. The van der Waals surface area contributed by atoms with E-state index in [0.29, 0.717) is 15.9 Å². The minimum atomic E-state index is -0.929. The molecule has 0 spiro atoms. The Labute approximate surface area is 95.3 Å². The molecule has 0 unspecified atom stereocenters. The van der Waals surface area contributed by atoms with Gasteiger partial charge in [0.1, 0.15) is 0 Å². The number of alkyl halides is 1. The van der Waals surface area contributed by atoms with Crippen LogP contribution in [0.25, 0.3) is 6.08 Å². The molecule has 0 atom stereocenters. The summed E-state index contributed by atoms with van der Waals surface area (Å²) in [5.74, 6) is -0.929. The van der Waals surface area contributed by atoms with Crippen LogP contribution >= 0.6 is 27.5 Å². The third-order valence-corrected chi connectivity index (χ3v) is 2.45. The fourth-order valence-corrected chi connectivity index (χ4v) is 1.56. The quantitative estimate of drug-likeness (QED) is 0.679. The topological polar surface area (TPSA) is 37.3 Å². The highest BCUT2D eigenvalue weighted by atomic mass is 79.9. The predicted octanol–water partition coefficient (Wildman–Crippen LogP) is 3.20. The fraction of sp³-hybridized carbons (Fsp3) is 0.100. The van der Waals surface area contributed by atoms with Gasteiger partial charge in [0, 0.05) is 15.9 Å². The molecule has 0 aliphatic heterocycles. The van der Waals surface area contributed by atoms with Crippen molar-refractivity contribution in [1.82, 2.24) is 0 Å². The van der Waals surface area contributed by atoms with Gasteiger partial charge in [-0.15, -0.1) is 0 Å². The molecule has 0 saturated carbocycles. The van der Waals surface area contributed by atoms with Crippen molar-refractivity contribution in [2.24, 2.45) is 0 Å². The summed E-state index contributed by atoms with van der Waals surface area (Å²) < 4.78 is 0. The summed E-state index contributed by atoms with van der Waals surface area (Å²) in [6.45, 7) is 0. The Morgan fingerprint density at radius 3 is 2.79 bits per heavy atom. The van der Waals surface area contributed by atoms with E-state index in [1.807, 2.05) is 0 Å². The smallest absolute Gasteiger partial charge is 0.332 e. The number of hydrogen-bond acceptors (Lipinski definition) is 1. The Balaban J connectivity index is 3.00. The van der Waals surface area contributed by atoms with Crippen LogP contribution in [0.3, 0.4) is 0 Å². The lowest BCUT2D eigenvalue weighted by molar-refractivity contribution is -0.132. The molecule has 0 saturated heterocycles. The summed E-state index contributed by atoms with van der Waals surface area (Å²) in [4.78, 5) is 10.7. The van der Waals surface area contributed by atoms with Crippen LogP contribution in [0, 0.1) is 0 Å². The molecule has 0 aromatic heterocycles. The van der Waals surface area contributed by atoms with Crippen molar-refractivity contribution in [2.75, 3.05) is 5.33 Å². The van der Waals surface area contributed by atoms with E-state index < -0.39 is 5.97 Å². The normalized spacial score (nSPS) is 11.4. The standard InChI is InChI=1S/C10H8BrClO2/c11-6-8(10(13)14)4-7-2-1-3-9(12)5-7/h1-5H,6H2,(H,13,14)/b8-4+. The second kappa shape index (κ2) is 5.17. The second-order valence-corrected chi connectivity index (χ2v) is 3.66. The summed E-state index contributed by atoms with van der Waals surface area (Å²) in [5, 5.41) is 9.68. The molecule has 14 heavy (non-hydrogen) atoms. The van der Waals surface area contributed by atoms with Gasteiger partial charge in [0.25, 0.3) is 0 Å². The average Bonchev–Trinajstić information content (AvgIpc) is 2.14. The molecule has 1 aromatic rings. The Hall–Kier alpha value is -0.800. The van der Waals surface area contributed by atoms with Crippen LogP contribution in [0.2, 0.25) is 5.02 Å². The Morgan fingerprint density at radius 2 is 2.29 bits per heavy atom. The van der Waals surface area contributed by atoms with E-state index in [4.69, 9.17) is 16.7 Å². The van der Waals surface area contributed by atoms with Crippen molar-refractivity contribution in [2.45, 2.75) is 0 Å². The van der Waals surface area contributed by atoms with Gasteiger partial charge in [-0.25, -0.2) is 4.79 Å². The number of carbonyl (C=O) groups is 1. The van der Waals surface area contributed by atoms with Crippen LogP contribution < -0.4 is 0 Å². The lowest BCUT2D eigenvalue weighted by Gasteiger charge is -1.98. The fourth-order valence-electron chi connectivity index (χ4n) is 0.955. The first-order chi connectivity index (χ1) is 6.63. The first kappa shape index (κ1) is 11.3. The van der Waals surface area contributed by atoms with E-state index in [0.717, 1.165) is 5.56 Å². The van der Waals surface area contributed by atoms with Crippen LogP contribution in [0.5, 0.6) is 0 Å². The van der Waals surface area contributed by atoms with Crippen LogP contribution in [-0.2, 0) is 4.79 Å². The van der Waals surface area contributed by atoms with Crippen LogP contribution in [0.4, 0.5) is 0 Å². The zero-order valence-corrected chi connectivity index (χ0v) is 9.55. The van der Waals surface area contributed by atoms with Crippen molar-refractivity contribution >= 4 is 39.6 Å². The van der Waals surface area contributed by atoms with Gasteiger partial charge in [-0.2, -0.15) is 0 Å². The Morgan fingerprint density at radius 1 is 1.57 bits per heavy atom. The largest absolute Gasteiger partial charge is 0.478 e. The monoisotopic (exact) mass is 274 g/mol. The number of benzene rings is 1. The number of aliphatic carboxylic acids is 1. The average molecular weight is 276 g/mol. The van der Waals surface area contributed by atoms with Gasteiger partial charge in [-0.1, -0.05) is 39.7 Å². The first-order valence-corrected chi connectivity index (χ1v) is 5.39. The minimum absolute atomic E-state index is 0.298. The number of rotatable bonds is 3. The van der Waals surface area contributed by atoms with Gasteiger partial charge >= 0.3 is 5.97 Å². The highest BCUT2D eigenvalue weighted by Crippen LogP contribution is 2.14. The van der Waals surface area contributed by atoms with Gasteiger partial charge in [0.15, 0.2) is 0 Å². The maximum Gasteiger partial charge on any atom is 0.332 e. The lowest BCUT2D eigenvalue weighted by Crippen LogP contribution is -2.00. The predicted molar refractivity (Wildman–Crippen MR) is 60.9 cm³/mol. The van der Waals surface area contributed by atoms with Gasteiger partial charge in [-0.05, 0) is 23.8 Å². The highest BCUT2D eigenvalue weighted by molar-refractivity contribution is 9.09.